The molecule has 2 aromatic carbocycles. The first kappa shape index (κ1) is 20.7. The number of carbonyl (C=O) groups is 2. The van der Waals surface area contributed by atoms with E-state index < -0.39 is 0 Å². The second-order valence-electron chi connectivity index (χ2n) is 7.16. The first-order valence-electron chi connectivity index (χ1n) is 9.50. The predicted octanol–water partition coefficient (Wildman–Crippen LogP) is 4.64. The van der Waals surface area contributed by atoms with Crippen molar-refractivity contribution in [3.8, 4) is 0 Å². The highest BCUT2D eigenvalue weighted by molar-refractivity contribution is 6.17. The van der Waals surface area contributed by atoms with Gasteiger partial charge < -0.3 is 10.6 Å². The molecular weight excluding hydrogens is 395 g/mol. The molecule has 0 aromatic heterocycles. The minimum Gasteiger partial charge on any atom is -0.349 e. The molecule has 0 saturated heterocycles. The summed E-state index contributed by atoms with van der Waals surface area (Å²) in [5.74, 6) is 0.754. The van der Waals surface area contributed by atoms with Crippen molar-refractivity contribution < 1.29 is 9.59 Å². The second-order valence-corrected chi connectivity index (χ2v) is 7.69. The molecule has 0 spiro atoms. The van der Waals surface area contributed by atoms with E-state index in [1.807, 2.05) is 24.3 Å². The third-order valence-corrected chi connectivity index (χ3v) is 5.76. The maximum Gasteiger partial charge on any atom is 0.251 e. The zero-order valence-electron chi connectivity index (χ0n) is 15.6. The smallest absolute Gasteiger partial charge is 0.251 e. The minimum atomic E-state index is -0.0620. The predicted molar refractivity (Wildman–Crippen MR) is 113 cm³/mol. The van der Waals surface area contributed by atoms with Gasteiger partial charge in [0.1, 0.15) is 0 Å². The molecule has 0 aliphatic heterocycles. The van der Waals surface area contributed by atoms with Gasteiger partial charge in [0, 0.05) is 35.0 Å². The van der Waals surface area contributed by atoms with Gasteiger partial charge in [-0.2, -0.15) is 0 Å². The van der Waals surface area contributed by atoms with Gasteiger partial charge >= 0.3 is 0 Å². The number of alkyl halides is 2. The molecule has 1 aliphatic carbocycles. The normalized spacial score (nSPS) is 19.1. The third kappa shape index (κ3) is 5.49. The summed E-state index contributed by atoms with van der Waals surface area (Å²) >= 11 is 11.6. The Balaban J connectivity index is 1.45. The van der Waals surface area contributed by atoms with Crippen molar-refractivity contribution in [2.75, 3.05) is 0 Å². The van der Waals surface area contributed by atoms with Gasteiger partial charge in [-0.05, 0) is 61.1 Å². The van der Waals surface area contributed by atoms with Gasteiger partial charge in [-0.15, -0.1) is 23.2 Å². The van der Waals surface area contributed by atoms with Crippen LogP contribution in [0.25, 0.3) is 0 Å². The Kier molecular flexibility index (Phi) is 7.35. The topological polar surface area (TPSA) is 58.2 Å². The van der Waals surface area contributed by atoms with Crippen LogP contribution in [0.1, 0.15) is 57.5 Å². The molecular formula is C22H24Cl2N2O2. The van der Waals surface area contributed by atoms with Crippen LogP contribution in [0.5, 0.6) is 0 Å². The molecule has 0 radical (unpaired) electrons. The highest BCUT2D eigenvalue weighted by atomic mass is 35.5. The molecule has 2 amide bonds. The average molecular weight is 419 g/mol. The highest BCUT2D eigenvalue weighted by Crippen LogP contribution is 2.20. The second kappa shape index (κ2) is 9.94. The van der Waals surface area contributed by atoms with Crippen molar-refractivity contribution in [1.29, 1.82) is 0 Å². The van der Waals surface area contributed by atoms with Crippen molar-refractivity contribution in [3.05, 3.63) is 70.8 Å². The quantitative estimate of drug-likeness (QED) is 0.671. The standard InChI is InChI=1S/C22H24Cl2N2O2/c23-13-15-1-5-17(6-2-15)21(27)25-19-9-11-20(12-10-19)26-22(28)18-7-3-16(14-24)4-8-18/h1-8,19-20H,9-14H2,(H,25,27)(H,26,28)/t19-,20-. The Morgan fingerprint density at radius 1 is 0.679 bits per heavy atom. The van der Waals surface area contributed by atoms with Gasteiger partial charge in [0.25, 0.3) is 11.8 Å². The Hall–Kier alpha value is -2.04. The van der Waals surface area contributed by atoms with E-state index in [4.69, 9.17) is 23.2 Å². The number of hydrogen-bond acceptors (Lipinski definition) is 2. The molecule has 0 heterocycles. The highest BCUT2D eigenvalue weighted by Gasteiger charge is 2.24. The number of halogens is 2. The van der Waals surface area contributed by atoms with Gasteiger partial charge in [-0.3, -0.25) is 9.59 Å². The van der Waals surface area contributed by atoms with Gasteiger partial charge in [0.05, 0.1) is 0 Å². The molecule has 2 aromatic rings. The van der Waals surface area contributed by atoms with Crippen LogP contribution in [-0.4, -0.2) is 23.9 Å². The minimum absolute atomic E-state index is 0.0620. The van der Waals surface area contributed by atoms with Crippen LogP contribution in [0.4, 0.5) is 0 Å². The SMILES string of the molecule is O=C(N[C@H]1CC[C@H](NC(=O)c2ccc(CCl)cc2)CC1)c1ccc(CCl)cc1. The first-order valence-corrected chi connectivity index (χ1v) is 10.6. The molecule has 2 N–H and O–H groups in total. The van der Waals surface area contributed by atoms with Crippen LogP contribution in [0.2, 0.25) is 0 Å². The Labute approximate surface area is 175 Å². The van der Waals surface area contributed by atoms with Gasteiger partial charge in [-0.25, -0.2) is 0 Å². The van der Waals surface area contributed by atoms with E-state index in [1.54, 1.807) is 24.3 Å². The summed E-state index contributed by atoms with van der Waals surface area (Å²) in [6, 6.07) is 14.9. The average Bonchev–Trinajstić information content (AvgIpc) is 2.75. The van der Waals surface area contributed by atoms with E-state index in [1.165, 1.54) is 0 Å². The molecule has 0 atom stereocenters. The van der Waals surface area contributed by atoms with Crippen molar-refractivity contribution in [3.63, 3.8) is 0 Å². The number of amides is 2. The Morgan fingerprint density at radius 2 is 1.00 bits per heavy atom. The summed E-state index contributed by atoms with van der Waals surface area (Å²) in [5, 5.41) is 6.19. The van der Waals surface area contributed by atoms with Crippen LogP contribution in [0.15, 0.2) is 48.5 Å². The first-order chi connectivity index (χ1) is 13.6. The summed E-state index contributed by atoms with van der Waals surface area (Å²) in [7, 11) is 0. The Bertz CT molecular complexity index is 729. The van der Waals surface area contributed by atoms with E-state index in [-0.39, 0.29) is 23.9 Å². The molecule has 6 heteroatoms. The fourth-order valence-corrected chi connectivity index (χ4v) is 3.77. The van der Waals surface area contributed by atoms with E-state index >= 15 is 0 Å². The number of nitrogens with one attached hydrogen (secondary N) is 2. The fraction of sp³-hybridized carbons (Fsp3) is 0.364. The van der Waals surface area contributed by atoms with Gasteiger partial charge in [0.2, 0.25) is 0 Å². The lowest BCUT2D eigenvalue weighted by atomic mass is 9.90. The molecule has 4 nitrogen and oxygen atoms in total. The monoisotopic (exact) mass is 418 g/mol. The van der Waals surface area contributed by atoms with E-state index in [2.05, 4.69) is 10.6 Å². The van der Waals surface area contributed by atoms with Gasteiger partial charge in [-0.1, -0.05) is 24.3 Å². The van der Waals surface area contributed by atoms with Crippen LogP contribution in [0.3, 0.4) is 0 Å². The van der Waals surface area contributed by atoms with Crippen molar-refractivity contribution in [1.82, 2.24) is 10.6 Å². The van der Waals surface area contributed by atoms with Crippen molar-refractivity contribution in [2.24, 2.45) is 0 Å². The summed E-state index contributed by atoms with van der Waals surface area (Å²) < 4.78 is 0. The third-order valence-electron chi connectivity index (χ3n) is 5.14. The number of hydrogen-bond donors (Lipinski definition) is 2. The van der Waals surface area contributed by atoms with Crippen molar-refractivity contribution in [2.45, 2.75) is 49.5 Å². The lowest BCUT2D eigenvalue weighted by Crippen LogP contribution is -2.43. The molecule has 148 valence electrons. The fourth-order valence-electron chi connectivity index (χ4n) is 3.41. The summed E-state index contributed by atoms with van der Waals surface area (Å²) in [4.78, 5) is 24.8. The van der Waals surface area contributed by atoms with Crippen LogP contribution >= 0.6 is 23.2 Å². The summed E-state index contributed by atoms with van der Waals surface area (Å²) in [5.41, 5.74) is 3.27. The Morgan fingerprint density at radius 3 is 1.29 bits per heavy atom. The summed E-state index contributed by atoms with van der Waals surface area (Å²) in [6.07, 6.45) is 3.40. The molecule has 0 bridgehead atoms. The van der Waals surface area contributed by atoms with E-state index in [0.717, 1.165) is 36.8 Å². The molecule has 28 heavy (non-hydrogen) atoms. The number of benzene rings is 2. The molecule has 3 rings (SSSR count). The molecule has 1 fully saturated rings. The molecule has 1 saturated carbocycles. The zero-order valence-corrected chi connectivity index (χ0v) is 17.1. The van der Waals surface area contributed by atoms with E-state index in [0.29, 0.717) is 22.9 Å². The summed E-state index contributed by atoms with van der Waals surface area (Å²) in [6.45, 7) is 0. The maximum atomic E-state index is 12.4. The number of rotatable bonds is 6. The van der Waals surface area contributed by atoms with Crippen molar-refractivity contribution >= 4 is 35.0 Å². The molecule has 1 aliphatic rings. The van der Waals surface area contributed by atoms with E-state index in [9.17, 15) is 9.59 Å². The van der Waals surface area contributed by atoms with Crippen LogP contribution in [-0.2, 0) is 11.8 Å². The molecule has 0 unspecified atom stereocenters. The van der Waals surface area contributed by atoms with Crippen LogP contribution in [0, 0.1) is 0 Å². The maximum absolute atomic E-state index is 12.4. The van der Waals surface area contributed by atoms with Gasteiger partial charge in [0.15, 0.2) is 0 Å². The number of carbonyl (C=O) groups excluding carboxylic acids is 2. The van der Waals surface area contributed by atoms with Crippen LogP contribution < -0.4 is 10.6 Å². The lowest BCUT2D eigenvalue weighted by molar-refractivity contribution is 0.0892. The largest absolute Gasteiger partial charge is 0.349 e. The lowest BCUT2D eigenvalue weighted by Gasteiger charge is -2.29. The zero-order chi connectivity index (χ0) is 19.9.